The number of carbonyl (C=O) groups is 2. The van der Waals surface area contributed by atoms with Crippen molar-refractivity contribution in [3.8, 4) is 0 Å². The molecular weight excluding hydrogens is 408 g/mol. The molecule has 0 saturated carbocycles. The van der Waals surface area contributed by atoms with Crippen LogP contribution < -0.4 is 4.90 Å². The van der Waals surface area contributed by atoms with Crippen molar-refractivity contribution >= 4 is 55.1 Å². The first-order valence-electron chi connectivity index (χ1n) is 6.07. The van der Waals surface area contributed by atoms with Gasteiger partial charge in [0.2, 0.25) is 0 Å². The molecule has 0 aliphatic carbocycles. The van der Waals surface area contributed by atoms with E-state index in [0.717, 1.165) is 4.47 Å². The molecule has 1 heterocycles. The van der Waals surface area contributed by atoms with Crippen LogP contribution in [0.3, 0.4) is 0 Å². The van der Waals surface area contributed by atoms with Gasteiger partial charge >= 0.3 is 5.97 Å². The number of hydrogen-bond donors (Lipinski definition) is 0. The number of fused-ring (bicyclic) bond motifs is 1. The molecule has 0 radical (unpaired) electrons. The minimum atomic E-state index is -0.481. The van der Waals surface area contributed by atoms with Crippen LogP contribution in [0.4, 0.5) is 5.69 Å². The smallest absolute Gasteiger partial charge is 0.326 e. The van der Waals surface area contributed by atoms with Crippen molar-refractivity contribution in [2.45, 2.75) is 6.92 Å². The van der Waals surface area contributed by atoms with Crippen LogP contribution in [0, 0.1) is 0 Å². The third-order valence-electron chi connectivity index (χ3n) is 2.78. The maximum atomic E-state index is 12.4. The molecule has 0 aromatic heterocycles. The zero-order valence-electron chi connectivity index (χ0n) is 11.4. The molecule has 1 aromatic rings. The molecular formula is C13H12Br2N2O4. The highest BCUT2D eigenvalue weighted by Crippen LogP contribution is 2.38. The maximum absolute atomic E-state index is 12.4. The van der Waals surface area contributed by atoms with Gasteiger partial charge < -0.3 is 9.57 Å². The number of esters is 1. The van der Waals surface area contributed by atoms with Crippen molar-refractivity contribution in [3.05, 3.63) is 26.6 Å². The van der Waals surface area contributed by atoms with Crippen LogP contribution in [0.2, 0.25) is 0 Å². The van der Waals surface area contributed by atoms with Gasteiger partial charge in [-0.15, -0.1) is 0 Å². The van der Waals surface area contributed by atoms with Crippen molar-refractivity contribution in [2.24, 2.45) is 5.16 Å². The van der Waals surface area contributed by atoms with Crippen LogP contribution in [0.25, 0.3) is 0 Å². The first-order valence-corrected chi connectivity index (χ1v) is 7.66. The summed E-state index contributed by atoms with van der Waals surface area (Å²) in [6.45, 7) is 1.79. The van der Waals surface area contributed by atoms with E-state index in [0.29, 0.717) is 15.7 Å². The van der Waals surface area contributed by atoms with E-state index in [1.54, 1.807) is 19.1 Å². The van der Waals surface area contributed by atoms with E-state index in [1.807, 2.05) is 0 Å². The Hall–Kier alpha value is -1.41. The molecule has 0 unspecified atom stereocenters. The molecule has 0 saturated heterocycles. The Kier molecular flexibility index (Phi) is 5.00. The van der Waals surface area contributed by atoms with Crippen LogP contribution in [0.1, 0.15) is 12.5 Å². The van der Waals surface area contributed by atoms with Gasteiger partial charge in [-0.2, -0.15) is 0 Å². The van der Waals surface area contributed by atoms with Gasteiger partial charge in [0.15, 0.2) is 5.71 Å². The summed E-state index contributed by atoms with van der Waals surface area (Å²) >= 11 is 6.76. The zero-order chi connectivity index (χ0) is 15.6. The predicted octanol–water partition coefficient (Wildman–Crippen LogP) is 2.47. The van der Waals surface area contributed by atoms with Gasteiger partial charge in [-0.1, -0.05) is 21.1 Å². The molecule has 0 atom stereocenters. The Labute approximate surface area is 138 Å². The van der Waals surface area contributed by atoms with Gasteiger partial charge in [-0.05, 0) is 35.0 Å². The topological polar surface area (TPSA) is 68.2 Å². The van der Waals surface area contributed by atoms with Gasteiger partial charge in [0.25, 0.3) is 5.91 Å². The van der Waals surface area contributed by atoms with Crippen molar-refractivity contribution in [2.75, 3.05) is 25.2 Å². The van der Waals surface area contributed by atoms with Crippen LogP contribution in [0.5, 0.6) is 0 Å². The Balaban J connectivity index is 2.49. The molecule has 1 amide bonds. The number of carbonyl (C=O) groups excluding carboxylic acids is 2. The summed E-state index contributed by atoms with van der Waals surface area (Å²) in [6, 6.07) is 3.54. The van der Waals surface area contributed by atoms with Crippen LogP contribution >= 0.6 is 31.9 Å². The van der Waals surface area contributed by atoms with E-state index < -0.39 is 11.9 Å². The summed E-state index contributed by atoms with van der Waals surface area (Å²) in [6.07, 6.45) is 0. The minimum Gasteiger partial charge on any atom is -0.465 e. The summed E-state index contributed by atoms with van der Waals surface area (Å²) in [5, 5.41) is 3.76. The van der Waals surface area contributed by atoms with Gasteiger partial charge in [-0.25, -0.2) is 0 Å². The molecule has 0 fully saturated rings. The van der Waals surface area contributed by atoms with Crippen molar-refractivity contribution < 1.29 is 19.2 Å². The summed E-state index contributed by atoms with van der Waals surface area (Å²) in [5.41, 5.74) is 1.32. The third-order valence-corrected chi connectivity index (χ3v) is 3.84. The fourth-order valence-corrected chi connectivity index (χ4v) is 3.47. The molecule has 2 rings (SSSR count). The first kappa shape index (κ1) is 16.0. The Morgan fingerprint density at radius 3 is 2.71 bits per heavy atom. The molecule has 1 aliphatic rings. The zero-order valence-corrected chi connectivity index (χ0v) is 14.5. The predicted molar refractivity (Wildman–Crippen MR) is 84.4 cm³/mol. The lowest BCUT2D eigenvalue weighted by molar-refractivity contribution is -0.142. The van der Waals surface area contributed by atoms with Crippen molar-refractivity contribution in [1.29, 1.82) is 0 Å². The Morgan fingerprint density at radius 1 is 1.38 bits per heavy atom. The van der Waals surface area contributed by atoms with E-state index in [9.17, 15) is 9.59 Å². The number of oxime groups is 1. The second-order valence-electron chi connectivity index (χ2n) is 4.10. The highest BCUT2D eigenvalue weighted by atomic mass is 79.9. The number of nitrogens with zero attached hydrogens (tertiary/aromatic N) is 2. The quantitative estimate of drug-likeness (QED) is 0.555. The van der Waals surface area contributed by atoms with E-state index >= 15 is 0 Å². The van der Waals surface area contributed by atoms with E-state index in [1.165, 1.54) is 12.0 Å². The second kappa shape index (κ2) is 6.57. The highest BCUT2D eigenvalue weighted by Gasteiger charge is 2.38. The van der Waals surface area contributed by atoms with Crippen molar-refractivity contribution in [3.63, 3.8) is 0 Å². The number of hydrogen-bond acceptors (Lipinski definition) is 5. The van der Waals surface area contributed by atoms with Crippen LogP contribution in [-0.2, 0) is 19.2 Å². The molecule has 0 spiro atoms. The van der Waals surface area contributed by atoms with Gasteiger partial charge in [0.05, 0.1) is 12.3 Å². The van der Waals surface area contributed by atoms with Crippen LogP contribution in [0.15, 0.2) is 26.2 Å². The number of ether oxygens (including phenoxy) is 1. The van der Waals surface area contributed by atoms with Gasteiger partial charge in [-0.3, -0.25) is 14.5 Å². The summed E-state index contributed by atoms with van der Waals surface area (Å²) in [5.74, 6) is -0.885. The highest BCUT2D eigenvalue weighted by molar-refractivity contribution is 9.11. The monoisotopic (exact) mass is 418 g/mol. The fraction of sp³-hybridized carbons (Fsp3) is 0.308. The Morgan fingerprint density at radius 2 is 2.10 bits per heavy atom. The standard InChI is InChI=1S/C13H12Br2N2O4/c1-3-21-10(18)6-17-12-8(4-7(14)5-9(12)15)11(13(17)19)16-20-2/h4-5H,3,6H2,1-2H3. The lowest BCUT2D eigenvalue weighted by Gasteiger charge is -2.17. The summed E-state index contributed by atoms with van der Waals surface area (Å²) in [4.78, 5) is 30.2. The molecule has 1 aliphatic heterocycles. The molecule has 1 aromatic carbocycles. The van der Waals surface area contributed by atoms with E-state index in [-0.39, 0.29) is 18.9 Å². The normalized spacial score (nSPS) is 15.3. The summed E-state index contributed by atoms with van der Waals surface area (Å²) < 4.78 is 6.35. The third kappa shape index (κ3) is 3.11. The molecule has 0 N–H and O–H groups in total. The fourth-order valence-electron chi connectivity index (χ4n) is 2.03. The van der Waals surface area contributed by atoms with Gasteiger partial charge in [0, 0.05) is 14.5 Å². The van der Waals surface area contributed by atoms with E-state index in [4.69, 9.17) is 9.57 Å². The number of halogens is 2. The van der Waals surface area contributed by atoms with Crippen LogP contribution in [-0.4, -0.2) is 37.8 Å². The molecule has 6 nitrogen and oxygen atoms in total. The summed E-state index contributed by atoms with van der Waals surface area (Å²) in [7, 11) is 1.36. The van der Waals surface area contributed by atoms with E-state index in [2.05, 4.69) is 37.0 Å². The molecule has 112 valence electrons. The average Bonchev–Trinajstić information content (AvgIpc) is 2.65. The number of benzene rings is 1. The van der Waals surface area contributed by atoms with Gasteiger partial charge in [0.1, 0.15) is 13.7 Å². The SMILES string of the molecule is CCOC(=O)CN1C(=O)C(=NOC)c2cc(Br)cc(Br)c21. The number of anilines is 1. The number of rotatable bonds is 4. The number of amides is 1. The molecule has 0 bridgehead atoms. The minimum absolute atomic E-state index is 0.152. The Bertz CT molecular complexity index is 631. The van der Waals surface area contributed by atoms with Crippen molar-refractivity contribution in [1.82, 2.24) is 0 Å². The molecule has 8 heteroatoms. The maximum Gasteiger partial charge on any atom is 0.326 e. The lowest BCUT2D eigenvalue weighted by atomic mass is 10.1. The largest absolute Gasteiger partial charge is 0.465 e. The first-order chi connectivity index (χ1) is 9.99. The second-order valence-corrected chi connectivity index (χ2v) is 5.87. The average molecular weight is 420 g/mol. The lowest BCUT2D eigenvalue weighted by Crippen LogP contribution is -2.36. The molecule has 21 heavy (non-hydrogen) atoms.